The number of nitrogens with one attached hydrogen (secondary N) is 1. The molecule has 4 rings (SSSR count). The van der Waals surface area contributed by atoms with Gasteiger partial charge in [0.2, 0.25) is 5.91 Å². The first-order valence-electron chi connectivity index (χ1n) is 14.4. The largest absolute Gasteiger partial charge is 0.496 e. The SMILES string of the molecule is COc1cccc(C)c1C1=NC(CN2CCC(C(=O)NCCCN3C[C@H](C)C[C@H](C)C3)CC2)=C(C)C1C. The number of ether oxygens (including phenoxy) is 1. The molecule has 2 saturated heterocycles. The molecule has 6 nitrogen and oxygen atoms in total. The molecule has 1 aromatic carbocycles. The van der Waals surface area contributed by atoms with E-state index in [1.54, 1.807) is 7.11 Å². The van der Waals surface area contributed by atoms with Gasteiger partial charge < -0.3 is 15.0 Å². The van der Waals surface area contributed by atoms with E-state index < -0.39 is 0 Å². The molecular formula is C31H48N4O2. The molecule has 3 heterocycles. The van der Waals surface area contributed by atoms with Crippen LogP contribution in [0.4, 0.5) is 0 Å². The fraction of sp³-hybridized carbons (Fsp3) is 0.677. The van der Waals surface area contributed by atoms with Crippen LogP contribution in [-0.4, -0.2) is 74.3 Å². The normalized spacial score (nSPS) is 25.9. The van der Waals surface area contributed by atoms with Crippen LogP contribution in [-0.2, 0) is 4.79 Å². The Morgan fingerprint density at radius 2 is 1.78 bits per heavy atom. The van der Waals surface area contributed by atoms with Crippen molar-refractivity contribution >= 4 is 11.6 Å². The second kappa shape index (κ2) is 12.6. The summed E-state index contributed by atoms with van der Waals surface area (Å²) >= 11 is 0. The molecule has 1 amide bonds. The summed E-state index contributed by atoms with van der Waals surface area (Å²) in [6, 6.07) is 6.19. The maximum atomic E-state index is 12.8. The van der Waals surface area contributed by atoms with Crippen molar-refractivity contribution in [2.75, 3.05) is 52.9 Å². The highest BCUT2D eigenvalue weighted by atomic mass is 16.5. The van der Waals surface area contributed by atoms with E-state index >= 15 is 0 Å². The molecule has 37 heavy (non-hydrogen) atoms. The number of amides is 1. The highest BCUT2D eigenvalue weighted by Crippen LogP contribution is 2.34. The molecule has 204 valence electrons. The van der Waals surface area contributed by atoms with Crippen LogP contribution in [0.1, 0.15) is 64.5 Å². The zero-order chi connectivity index (χ0) is 26.5. The number of aryl methyl sites for hydroxylation is 1. The lowest BCUT2D eigenvalue weighted by Crippen LogP contribution is -2.42. The summed E-state index contributed by atoms with van der Waals surface area (Å²) in [5.41, 5.74) is 5.97. The summed E-state index contributed by atoms with van der Waals surface area (Å²) in [5, 5.41) is 3.23. The van der Waals surface area contributed by atoms with Gasteiger partial charge in [0.25, 0.3) is 0 Å². The van der Waals surface area contributed by atoms with Crippen molar-refractivity contribution in [1.29, 1.82) is 0 Å². The lowest BCUT2D eigenvalue weighted by molar-refractivity contribution is -0.126. The standard InChI is InChI=1S/C31H48N4O2/c1-21-17-22(2)19-35(18-21)14-8-13-32-31(36)26-11-15-34(16-12-26)20-27-24(4)25(5)30(33-27)29-23(3)9-7-10-28(29)37-6/h7,9-10,21-22,25-26H,8,11-20H2,1-6H3,(H,32,36)/t21-,22+,25?. The molecular weight excluding hydrogens is 460 g/mol. The number of carbonyl (C=O) groups excluding carboxylic acids is 1. The van der Waals surface area contributed by atoms with Crippen molar-refractivity contribution in [2.24, 2.45) is 28.7 Å². The highest BCUT2D eigenvalue weighted by molar-refractivity contribution is 6.08. The predicted molar refractivity (Wildman–Crippen MR) is 152 cm³/mol. The van der Waals surface area contributed by atoms with Gasteiger partial charge in [-0.2, -0.15) is 0 Å². The van der Waals surface area contributed by atoms with E-state index in [1.807, 2.05) is 12.1 Å². The van der Waals surface area contributed by atoms with Crippen molar-refractivity contribution < 1.29 is 9.53 Å². The second-order valence-corrected chi connectivity index (χ2v) is 11.9. The Kier molecular flexibility index (Phi) is 9.46. The van der Waals surface area contributed by atoms with Gasteiger partial charge in [-0.3, -0.25) is 14.7 Å². The summed E-state index contributed by atoms with van der Waals surface area (Å²) in [6.07, 6.45) is 4.24. The maximum absolute atomic E-state index is 12.8. The number of likely N-dealkylation sites (tertiary alicyclic amines) is 2. The highest BCUT2D eigenvalue weighted by Gasteiger charge is 2.30. The van der Waals surface area contributed by atoms with E-state index in [4.69, 9.17) is 9.73 Å². The molecule has 1 aromatic rings. The Balaban J connectivity index is 1.23. The number of hydrogen-bond donors (Lipinski definition) is 1. The van der Waals surface area contributed by atoms with Gasteiger partial charge in [0.15, 0.2) is 0 Å². The number of allylic oxidation sites excluding steroid dienone is 1. The minimum Gasteiger partial charge on any atom is -0.496 e. The van der Waals surface area contributed by atoms with Gasteiger partial charge in [-0.1, -0.05) is 32.9 Å². The summed E-state index contributed by atoms with van der Waals surface area (Å²) in [7, 11) is 1.73. The molecule has 1 unspecified atom stereocenters. The number of methoxy groups -OCH3 is 1. The van der Waals surface area contributed by atoms with Crippen LogP contribution in [0.15, 0.2) is 34.5 Å². The Bertz CT molecular complexity index is 998. The third-order valence-electron chi connectivity index (χ3n) is 8.71. The number of aliphatic imine (C=N–C) groups is 1. The van der Waals surface area contributed by atoms with Crippen molar-refractivity contribution in [2.45, 2.75) is 60.3 Å². The zero-order valence-electron chi connectivity index (χ0n) is 24.0. The minimum absolute atomic E-state index is 0.138. The van der Waals surface area contributed by atoms with Gasteiger partial charge in [-0.25, -0.2) is 0 Å². The molecule has 1 N–H and O–H groups in total. The van der Waals surface area contributed by atoms with Crippen LogP contribution < -0.4 is 10.1 Å². The first kappa shape index (κ1) is 27.8. The first-order chi connectivity index (χ1) is 17.8. The van der Waals surface area contributed by atoms with E-state index in [2.05, 4.69) is 55.8 Å². The average Bonchev–Trinajstić information content (AvgIpc) is 3.14. The van der Waals surface area contributed by atoms with E-state index in [0.717, 1.165) is 80.8 Å². The van der Waals surface area contributed by atoms with Crippen molar-refractivity contribution in [3.63, 3.8) is 0 Å². The van der Waals surface area contributed by atoms with E-state index in [1.165, 1.54) is 36.3 Å². The molecule has 6 heteroatoms. The van der Waals surface area contributed by atoms with Gasteiger partial charge in [-0.05, 0) is 88.2 Å². The first-order valence-corrected chi connectivity index (χ1v) is 14.4. The van der Waals surface area contributed by atoms with Crippen molar-refractivity contribution in [3.05, 3.63) is 40.6 Å². The number of carbonyl (C=O) groups is 1. The number of nitrogens with zero attached hydrogens (tertiary/aromatic N) is 3. The number of hydrogen-bond acceptors (Lipinski definition) is 5. The lowest BCUT2D eigenvalue weighted by atomic mass is 9.91. The van der Waals surface area contributed by atoms with E-state index in [-0.39, 0.29) is 17.7 Å². The monoisotopic (exact) mass is 508 g/mol. The zero-order valence-corrected chi connectivity index (χ0v) is 24.0. The summed E-state index contributed by atoms with van der Waals surface area (Å²) in [6.45, 7) is 18.4. The fourth-order valence-electron chi connectivity index (χ4n) is 6.56. The van der Waals surface area contributed by atoms with Crippen LogP contribution >= 0.6 is 0 Å². The van der Waals surface area contributed by atoms with Crippen LogP contribution in [0.5, 0.6) is 5.75 Å². The van der Waals surface area contributed by atoms with Crippen molar-refractivity contribution in [3.8, 4) is 5.75 Å². The van der Waals surface area contributed by atoms with Gasteiger partial charge in [-0.15, -0.1) is 0 Å². The predicted octanol–water partition coefficient (Wildman–Crippen LogP) is 4.91. The average molecular weight is 509 g/mol. The van der Waals surface area contributed by atoms with Crippen molar-refractivity contribution in [1.82, 2.24) is 15.1 Å². The fourth-order valence-corrected chi connectivity index (χ4v) is 6.56. The topological polar surface area (TPSA) is 57.2 Å². The van der Waals surface area contributed by atoms with Crippen LogP contribution in [0.25, 0.3) is 0 Å². The second-order valence-electron chi connectivity index (χ2n) is 11.9. The van der Waals surface area contributed by atoms with Crippen LogP contribution in [0.3, 0.4) is 0 Å². The third-order valence-corrected chi connectivity index (χ3v) is 8.71. The quantitative estimate of drug-likeness (QED) is 0.482. The molecule has 0 saturated carbocycles. The molecule has 0 radical (unpaired) electrons. The lowest BCUT2D eigenvalue weighted by Gasteiger charge is -2.35. The van der Waals surface area contributed by atoms with Gasteiger partial charge >= 0.3 is 0 Å². The van der Waals surface area contributed by atoms with Gasteiger partial charge in [0.1, 0.15) is 5.75 Å². The summed E-state index contributed by atoms with van der Waals surface area (Å²) in [4.78, 5) is 23.0. The third kappa shape index (κ3) is 6.83. The smallest absolute Gasteiger partial charge is 0.223 e. The molecule has 2 fully saturated rings. The van der Waals surface area contributed by atoms with E-state index in [0.29, 0.717) is 0 Å². The number of benzene rings is 1. The molecule has 3 atom stereocenters. The summed E-state index contributed by atoms with van der Waals surface area (Å²) in [5.74, 6) is 3.14. The molecule has 0 spiro atoms. The molecule has 0 aliphatic carbocycles. The number of rotatable bonds is 9. The Hall–Kier alpha value is -2.18. The minimum atomic E-state index is 0.138. The Labute approximate surface area is 224 Å². The van der Waals surface area contributed by atoms with E-state index in [9.17, 15) is 4.79 Å². The molecule has 3 aliphatic rings. The molecule has 0 aromatic heterocycles. The van der Waals surface area contributed by atoms with Gasteiger partial charge in [0.05, 0.1) is 18.5 Å². The number of piperidine rings is 2. The Morgan fingerprint density at radius 1 is 1.08 bits per heavy atom. The Morgan fingerprint density at radius 3 is 2.46 bits per heavy atom. The molecule has 0 bridgehead atoms. The van der Waals surface area contributed by atoms with Gasteiger partial charge in [0, 0.05) is 43.6 Å². The molecule has 3 aliphatic heterocycles. The van der Waals surface area contributed by atoms with Crippen LogP contribution in [0.2, 0.25) is 0 Å². The summed E-state index contributed by atoms with van der Waals surface area (Å²) < 4.78 is 5.67. The van der Waals surface area contributed by atoms with Crippen LogP contribution in [0, 0.1) is 30.6 Å². The maximum Gasteiger partial charge on any atom is 0.223 e.